The molecule has 0 radical (unpaired) electrons. The van der Waals surface area contributed by atoms with Gasteiger partial charge in [0, 0.05) is 17.3 Å². The van der Waals surface area contributed by atoms with E-state index in [1.807, 2.05) is 28.8 Å². The summed E-state index contributed by atoms with van der Waals surface area (Å²) < 4.78 is 7.08. The molecule has 0 aliphatic carbocycles. The number of hydrogen-bond donors (Lipinski definition) is 2. The number of hydrogen-bond acceptors (Lipinski definition) is 5. The third-order valence-corrected chi connectivity index (χ3v) is 5.27. The first-order valence-electron chi connectivity index (χ1n) is 8.55. The molecule has 8 heteroatoms. The van der Waals surface area contributed by atoms with Crippen LogP contribution in [0.25, 0.3) is 0 Å². The summed E-state index contributed by atoms with van der Waals surface area (Å²) in [6.07, 6.45) is 1.63. The van der Waals surface area contributed by atoms with Crippen LogP contribution in [0.1, 0.15) is 11.3 Å². The summed E-state index contributed by atoms with van der Waals surface area (Å²) in [4.78, 5) is 16.6. The number of aliphatic hydroxyl groups is 1. The maximum atomic E-state index is 12.2. The number of anilines is 1. The van der Waals surface area contributed by atoms with Gasteiger partial charge in [-0.05, 0) is 42.0 Å². The molecule has 3 rings (SSSR count). The molecule has 0 spiro atoms. The number of amides is 1. The molecule has 146 valence electrons. The van der Waals surface area contributed by atoms with E-state index in [9.17, 15) is 9.90 Å². The lowest BCUT2D eigenvalue weighted by molar-refractivity contribution is -0.113. The minimum absolute atomic E-state index is 0.124. The number of aliphatic hydroxyl groups excluding tert-OH is 1. The van der Waals surface area contributed by atoms with Crippen LogP contribution in [0.15, 0.2) is 59.9 Å². The van der Waals surface area contributed by atoms with Crippen LogP contribution in [0.3, 0.4) is 0 Å². The van der Waals surface area contributed by atoms with Gasteiger partial charge >= 0.3 is 0 Å². The summed E-state index contributed by atoms with van der Waals surface area (Å²) in [5.74, 6) is 0.842. The van der Waals surface area contributed by atoms with Gasteiger partial charge in [-0.1, -0.05) is 35.5 Å². The number of nitrogens with one attached hydrogen (secondary N) is 1. The Balaban J connectivity index is 1.65. The van der Waals surface area contributed by atoms with E-state index in [4.69, 9.17) is 16.3 Å². The molecule has 0 fully saturated rings. The van der Waals surface area contributed by atoms with Gasteiger partial charge < -0.3 is 19.7 Å². The number of imidazole rings is 1. The highest BCUT2D eigenvalue weighted by molar-refractivity contribution is 7.99. The number of rotatable bonds is 8. The number of nitrogens with zero attached hydrogens (tertiary/aromatic N) is 2. The Labute approximate surface area is 172 Å². The molecule has 6 nitrogen and oxygen atoms in total. The second-order valence-electron chi connectivity index (χ2n) is 5.97. The number of halogens is 1. The molecule has 0 unspecified atom stereocenters. The summed E-state index contributed by atoms with van der Waals surface area (Å²) >= 11 is 7.17. The molecular formula is C20H20ClN3O3S. The average molecular weight is 418 g/mol. The van der Waals surface area contributed by atoms with Gasteiger partial charge in [0.25, 0.3) is 0 Å². The van der Waals surface area contributed by atoms with Gasteiger partial charge in [-0.2, -0.15) is 0 Å². The van der Waals surface area contributed by atoms with Crippen molar-refractivity contribution in [2.45, 2.75) is 18.3 Å². The van der Waals surface area contributed by atoms with Gasteiger partial charge in [-0.3, -0.25) is 4.79 Å². The highest BCUT2D eigenvalue weighted by Gasteiger charge is 2.13. The largest absolute Gasteiger partial charge is 0.497 e. The molecule has 0 aliphatic heterocycles. The van der Waals surface area contributed by atoms with Gasteiger partial charge in [0.15, 0.2) is 5.16 Å². The molecule has 0 bridgehead atoms. The van der Waals surface area contributed by atoms with Crippen molar-refractivity contribution in [3.8, 4) is 5.75 Å². The van der Waals surface area contributed by atoms with Crippen LogP contribution < -0.4 is 10.1 Å². The van der Waals surface area contributed by atoms with Gasteiger partial charge in [0.1, 0.15) is 5.75 Å². The van der Waals surface area contributed by atoms with Crippen LogP contribution in [0.2, 0.25) is 5.02 Å². The van der Waals surface area contributed by atoms with Crippen LogP contribution in [-0.2, 0) is 17.9 Å². The van der Waals surface area contributed by atoms with Crippen LogP contribution in [0.4, 0.5) is 5.69 Å². The molecule has 28 heavy (non-hydrogen) atoms. The van der Waals surface area contributed by atoms with Crippen LogP contribution in [-0.4, -0.2) is 33.4 Å². The Morgan fingerprint density at radius 3 is 2.57 bits per heavy atom. The molecule has 1 heterocycles. The Morgan fingerprint density at radius 1 is 1.21 bits per heavy atom. The zero-order valence-corrected chi connectivity index (χ0v) is 16.8. The smallest absolute Gasteiger partial charge is 0.234 e. The SMILES string of the molecule is COc1ccc(Cn2c(CO)cnc2SCC(=O)Nc2ccc(Cl)cc2)cc1. The number of aromatic nitrogens is 2. The molecule has 1 amide bonds. The van der Waals surface area contributed by atoms with Crippen LogP contribution in [0, 0.1) is 0 Å². The van der Waals surface area contributed by atoms with Crippen LogP contribution in [0.5, 0.6) is 5.75 Å². The van der Waals surface area contributed by atoms with E-state index < -0.39 is 0 Å². The summed E-state index contributed by atoms with van der Waals surface area (Å²) in [6.45, 7) is 0.418. The molecule has 1 aromatic heterocycles. The Kier molecular flexibility index (Phi) is 6.97. The predicted octanol–water partition coefficient (Wildman–Crippen LogP) is 3.82. The second-order valence-corrected chi connectivity index (χ2v) is 7.35. The predicted molar refractivity (Wildman–Crippen MR) is 111 cm³/mol. The van der Waals surface area contributed by atoms with E-state index in [0.717, 1.165) is 11.3 Å². The van der Waals surface area contributed by atoms with E-state index in [1.165, 1.54) is 11.8 Å². The third kappa shape index (κ3) is 5.28. The summed E-state index contributed by atoms with van der Waals surface area (Å²) in [5, 5.41) is 13.7. The number of ether oxygens (including phenoxy) is 1. The number of benzene rings is 2. The molecule has 0 atom stereocenters. The molecular weight excluding hydrogens is 398 g/mol. The highest BCUT2D eigenvalue weighted by atomic mass is 35.5. The molecule has 0 saturated heterocycles. The normalized spacial score (nSPS) is 10.7. The zero-order chi connectivity index (χ0) is 19.9. The van der Waals surface area contributed by atoms with Gasteiger partial charge in [0.05, 0.1) is 31.4 Å². The maximum Gasteiger partial charge on any atom is 0.234 e. The first-order valence-corrected chi connectivity index (χ1v) is 9.92. The minimum atomic E-state index is -0.142. The number of thioether (sulfide) groups is 1. The van der Waals surface area contributed by atoms with Crippen molar-refractivity contribution in [2.75, 3.05) is 18.2 Å². The number of carbonyl (C=O) groups is 1. The van der Waals surface area contributed by atoms with E-state index >= 15 is 0 Å². The Bertz CT molecular complexity index is 927. The fourth-order valence-corrected chi connectivity index (χ4v) is 3.50. The van der Waals surface area contributed by atoms with Crippen molar-refractivity contribution in [1.29, 1.82) is 0 Å². The van der Waals surface area contributed by atoms with Crippen LogP contribution >= 0.6 is 23.4 Å². The van der Waals surface area contributed by atoms with Crippen molar-refractivity contribution in [2.24, 2.45) is 0 Å². The topological polar surface area (TPSA) is 76.4 Å². The van der Waals surface area contributed by atoms with Crippen molar-refractivity contribution >= 4 is 35.0 Å². The Morgan fingerprint density at radius 2 is 1.93 bits per heavy atom. The van der Waals surface area contributed by atoms with Crippen molar-refractivity contribution in [1.82, 2.24) is 9.55 Å². The fourth-order valence-electron chi connectivity index (χ4n) is 2.58. The van der Waals surface area contributed by atoms with Gasteiger partial charge in [-0.15, -0.1) is 0 Å². The van der Waals surface area contributed by atoms with Crippen molar-refractivity contribution in [3.05, 3.63) is 71.0 Å². The lowest BCUT2D eigenvalue weighted by atomic mass is 10.2. The molecule has 2 aromatic carbocycles. The summed E-state index contributed by atoms with van der Waals surface area (Å²) in [7, 11) is 1.62. The quantitative estimate of drug-likeness (QED) is 0.545. The lowest BCUT2D eigenvalue weighted by Crippen LogP contribution is -2.15. The Hall–Kier alpha value is -2.48. The number of methoxy groups -OCH3 is 1. The zero-order valence-electron chi connectivity index (χ0n) is 15.3. The third-order valence-electron chi connectivity index (χ3n) is 4.02. The standard InChI is InChI=1S/C20H20ClN3O3S/c1-27-18-8-2-14(3-9-18)11-24-17(12-25)10-22-20(24)28-13-19(26)23-16-6-4-15(21)5-7-16/h2-10,25H,11-13H2,1H3,(H,23,26). The first kappa shape index (κ1) is 20.3. The van der Waals surface area contributed by atoms with Crippen molar-refractivity contribution < 1.29 is 14.6 Å². The first-order chi connectivity index (χ1) is 13.6. The monoisotopic (exact) mass is 417 g/mol. The summed E-state index contributed by atoms with van der Waals surface area (Å²) in [6, 6.07) is 14.6. The minimum Gasteiger partial charge on any atom is -0.497 e. The van der Waals surface area contributed by atoms with E-state index in [2.05, 4.69) is 10.3 Å². The van der Waals surface area contributed by atoms with E-state index in [-0.39, 0.29) is 18.3 Å². The average Bonchev–Trinajstić information content (AvgIpc) is 3.10. The molecule has 3 aromatic rings. The van der Waals surface area contributed by atoms with Crippen molar-refractivity contribution in [3.63, 3.8) is 0 Å². The number of carbonyl (C=O) groups excluding carboxylic acids is 1. The second kappa shape index (κ2) is 9.64. The molecule has 2 N–H and O–H groups in total. The van der Waals surface area contributed by atoms with Gasteiger partial charge in [0.2, 0.25) is 5.91 Å². The summed E-state index contributed by atoms with van der Waals surface area (Å²) in [5.41, 5.74) is 2.42. The van der Waals surface area contributed by atoms with Gasteiger partial charge in [-0.25, -0.2) is 4.98 Å². The van der Waals surface area contributed by atoms with E-state index in [0.29, 0.717) is 28.1 Å². The van der Waals surface area contributed by atoms with E-state index in [1.54, 1.807) is 37.6 Å². The highest BCUT2D eigenvalue weighted by Crippen LogP contribution is 2.22. The molecule has 0 aliphatic rings. The lowest BCUT2D eigenvalue weighted by Gasteiger charge is -2.11. The maximum absolute atomic E-state index is 12.2. The molecule has 0 saturated carbocycles. The fraction of sp³-hybridized carbons (Fsp3) is 0.200.